The van der Waals surface area contributed by atoms with E-state index in [0.29, 0.717) is 41.6 Å². The van der Waals surface area contributed by atoms with E-state index in [9.17, 15) is 5.11 Å². The molecule has 0 aromatic heterocycles. The molecule has 0 bridgehead atoms. The number of hydrogen-bond donors (Lipinski definition) is 1. The van der Waals surface area contributed by atoms with Gasteiger partial charge in [-0.05, 0) is 109 Å². The fourth-order valence-electron chi connectivity index (χ4n) is 6.86. The maximum absolute atomic E-state index is 15.2. The van der Waals surface area contributed by atoms with E-state index in [-0.39, 0.29) is 11.7 Å². The number of hydrogen-bond acceptors (Lipinski definition) is 6. The third-order valence-electron chi connectivity index (χ3n) is 9.13. The number of aromatic hydroxyl groups is 1. The van der Waals surface area contributed by atoms with Crippen LogP contribution in [0.3, 0.4) is 0 Å². The van der Waals surface area contributed by atoms with Gasteiger partial charge in [-0.1, -0.05) is 26.0 Å². The Hall–Kier alpha value is -3.45. The molecule has 1 heterocycles. The molecule has 2 aliphatic rings. The number of nitrogens with zero attached hydrogens (tertiary/aromatic N) is 2. The summed E-state index contributed by atoms with van der Waals surface area (Å²) in [5.41, 5.74) is 5.95. The maximum atomic E-state index is 15.2. The number of piperidine rings is 1. The predicted molar refractivity (Wildman–Crippen MR) is 170 cm³/mol. The first-order valence-corrected chi connectivity index (χ1v) is 15.6. The smallest absolute Gasteiger partial charge is 0.165 e. The van der Waals surface area contributed by atoms with Crippen molar-refractivity contribution in [3.8, 4) is 23.0 Å². The highest BCUT2D eigenvalue weighted by Gasteiger charge is 2.27. The average molecular weight is 591 g/mol. The SMILES string of the molecule is CCN(Cc1ccc(OCCN2CCCC(C)(C)C2)c(F)c1)c1cc(OC)c(OC)cc1C1CCc2cc(O)ccc2C1. The Kier molecular flexibility index (Phi) is 9.70. The summed E-state index contributed by atoms with van der Waals surface area (Å²) in [5, 5.41) is 9.96. The predicted octanol–water partition coefficient (Wildman–Crippen LogP) is 7.35. The van der Waals surface area contributed by atoms with Crippen LogP contribution in [-0.4, -0.2) is 57.0 Å². The van der Waals surface area contributed by atoms with Gasteiger partial charge >= 0.3 is 0 Å². The van der Waals surface area contributed by atoms with Crippen LogP contribution in [0.4, 0.5) is 10.1 Å². The van der Waals surface area contributed by atoms with Crippen molar-refractivity contribution < 1.29 is 23.7 Å². The summed E-state index contributed by atoms with van der Waals surface area (Å²) < 4.78 is 32.5. The second-order valence-electron chi connectivity index (χ2n) is 12.8. The van der Waals surface area contributed by atoms with E-state index >= 15 is 4.39 Å². The van der Waals surface area contributed by atoms with Crippen LogP contribution >= 0.6 is 0 Å². The zero-order chi connectivity index (χ0) is 30.6. The number of phenolic OH excluding ortho intramolecular Hbond substituents is 1. The number of fused-ring (bicyclic) bond motifs is 1. The molecular formula is C36H47FN2O4. The van der Waals surface area contributed by atoms with Crippen molar-refractivity contribution in [3.63, 3.8) is 0 Å². The van der Waals surface area contributed by atoms with Crippen LogP contribution in [-0.2, 0) is 19.4 Å². The highest BCUT2D eigenvalue weighted by atomic mass is 19.1. The Morgan fingerprint density at radius 2 is 1.79 bits per heavy atom. The third kappa shape index (κ3) is 7.38. The van der Waals surface area contributed by atoms with Crippen molar-refractivity contribution in [2.75, 3.05) is 51.9 Å². The minimum Gasteiger partial charge on any atom is -0.508 e. The van der Waals surface area contributed by atoms with Crippen molar-refractivity contribution in [1.29, 1.82) is 0 Å². The van der Waals surface area contributed by atoms with Crippen molar-refractivity contribution in [2.24, 2.45) is 5.41 Å². The fourth-order valence-corrected chi connectivity index (χ4v) is 6.86. The van der Waals surface area contributed by atoms with Crippen molar-refractivity contribution in [3.05, 3.63) is 76.6 Å². The summed E-state index contributed by atoms with van der Waals surface area (Å²) in [6.45, 7) is 11.5. The molecule has 0 spiro atoms. The van der Waals surface area contributed by atoms with E-state index < -0.39 is 0 Å². The molecule has 43 heavy (non-hydrogen) atoms. The van der Waals surface area contributed by atoms with E-state index in [1.807, 2.05) is 18.2 Å². The lowest BCUT2D eigenvalue weighted by Gasteiger charge is -2.37. The third-order valence-corrected chi connectivity index (χ3v) is 9.13. The quantitative estimate of drug-likeness (QED) is 0.252. The summed E-state index contributed by atoms with van der Waals surface area (Å²) in [7, 11) is 3.32. The zero-order valence-corrected chi connectivity index (χ0v) is 26.4. The molecule has 1 saturated heterocycles. The molecule has 1 atom stereocenters. The van der Waals surface area contributed by atoms with Crippen LogP contribution in [0.5, 0.6) is 23.0 Å². The lowest BCUT2D eigenvalue weighted by molar-refractivity contribution is 0.101. The molecule has 232 valence electrons. The van der Waals surface area contributed by atoms with Gasteiger partial charge in [-0.25, -0.2) is 4.39 Å². The Balaban J connectivity index is 1.33. The summed E-state index contributed by atoms with van der Waals surface area (Å²) in [6, 6.07) is 15.2. The second kappa shape index (κ2) is 13.5. The number of halogens is 1. The summed E-state index contributed by atoms with van der Waals surface area (Å²) >= 11 is 0. The van der Waals surface area contributed by atoms with Crippen LogP contribution in [0.25, 0.3) is 0 Å². The molecule has 6 nitrogen and oxygen atoms in total. The molecular weight excluding hydrogens is 543 g/mol. The average Bonchev–Trinajstić information content (AvgIpc) is 2.99. The Labute approximate surface area is 256 Å². The Morgan fingerprint density at radius 1 is 1.00 bits per heavy atom. The monoisotopic (exact) mass is 590 g/mol. The number of rotatable bonds is 11. The van der Waals surface area contributed by atoms with Gasteiger partial charge in [0.1, 0.15) is 12.4 Å². The molecule has 0 radical (unpaired) electrons. The Morgan fingerprint density at radius 3 is 2.51 bits per heavy atom. The van der Waals surface area contributed by atoms with Gasteiger partial charge in [0, 0.05) is 37.9 Å². The van der Waals surface area contributed by atoms with Gasteiger partial charge in [0.2, 0.25) is 0 Å². The zero-order valence-electron chi connectivity index (χ0n) is 26.4. The second-order valence-corrected chi connectivity index (χ2v) is 12.8. The molecule has 0 saturated carbocycles. The number of likely N-dealkylation sites (tertiary alicyclic amines) is 1. The normalized spacial score (nSPS) is 18.1. The van der Waals surface area contributed by atoms with E-state index in [2.05, 4.69) is 42.7 Å². The molecule has 1 aliphatic carbocycles. The van der Waals surface area contributed by atoms with Crippen LogP contribution in [0.15, 0.2) is 48.5 Å². The highest BCUT2D eigenvalue weighted by Crippen LogP contribution is 2.44. The molecule has 0 amide bonds. The van der Waals surface area contributed by atoms with Gasteiger partial charge < -0.3 is 24.2 Å². The van der Waals surface area contributed by atoms with Gasteiger partial charge in [0.05, 0.1) is 14.2 Å². The summed E-state index contributed by atoms with van der Waals surface area (Å²) in [6.07, 6.45) is 5.19. The minimum absolute atomic E-state index is 0.277. The van der Waals surface area contributed by atoms with E-state index in [1.165, 1.54) is 29.5 Å². The molecule has 3 aromatic rings. The minimum atomic E-state index is -0.327. The molecule has 1 N–H and O–H groups in total. The van der Waals surface area contributed by atoms with Gasteiger partial charge in [-0.3, -0.25) is 4.90 Å². The van der Waals surface area contributed by atoms with Crippen LogP contribution in [0.2, 0.25) is 0 Å². The highest BCUT2D eigenvalue weighted by molar-refractivity contribution is 5.64. The van der Waals surface area contributed by atoms with Gasteiger partial charge in [-0.15, -0.1) is 0 Å². The summed E-state index contributed by atoms with van der Waals surface area (Å²) in [5.74, 6) is 1.95. The topological polar surface area (TPSA) is 54.4 Å². The maximum Gasteiger partial charge on any atom is 0.165 e. The largest absolute Gasteiger partial charge is 0.508 e. The van der Waals surface area contributed by atoms with Crippen molar-refractivity contribution in [1.82, 2.24) is 4.90 Å². The number of benzene rings is 3. The first kappa shape index (κ1) is 31.0. The molecule has 3 aromatic carbocycles. The van der Waals surface area contributed by atoms with E-state index in [0.717, 1.165) is 56.7 Å². The molecule has 7 heteroatoms. The first-order chi connectivity index (χ1) is 20.7. The first-order valence-electron chi connectivity index (χ1n) is 15.6. The molecule has 5 rings (SSSR count). The van der Waals surface area contributed by atoms with Crippen molar-refractivity contribution >= 4 is 5.69 Å². The van der Waals surface area contributed by atoms with Gasteiger partial charge in [0.15, 0.2) is 23.1 Å². The Bertz CT molecular complexity index is 1410. The molecule has 1 unspecified atom stereocenters. The van der Waals surface area contributed by atoms with E-state index in [1.54, 1.807) is 32.4 Å². The molecule has 1 aliphatic heterocycles. The fraction of sp³-hybridized carbons (Fsp3) is 0.500. The number of ether oxygens (including phenoxy) is 3. The lowest BCUT2D eigenvalue weighted by Crippen LogP contribution is -2.41. The lowest BCUT2D eigenvalue weighted by atomic mass is 9.79. The van der Waals surface area contributed by atoms with Gasteiger partial charge in [-0.2, -0.15) is 0 Å². The van der Waals surface area contributed by atoms with E-state index in [4.69, 9.17) is 14.2 Å². The van der Waals surface area contributed by atoms with Crippen LogP contribution < -0.4 is 19.1 Å². The van der Waals surface area contributed by atoms with Crippen LogP contribution in [0.1, 0.15) is 68.2 Å². The van der Waals surface area contributed by atoms with Crippen LogP contribution in [0, 0.1) is 11.2 Å². The van der Waals surface area contributed by atoms with Crippen molar-refractivity contribution in [2.45, 2.75) is 65.3 Å². The number of aryl methyl sites for hydroxylation is 1. The number of methoxy groups -OCH3 is 2. The summed E-state index contributed by atoms with van der Waals surface area (Å²) in [4.78, 5) is 4.70. The number of anilines is 1. The standard InChI is InChI=1S/C36H47FN2O4/c1-6-39(23-25-8-13-33(31(37)18-25)43-17-16-38-15-7-14-36(2,3)24-38)32-22-35(42-5)34(41-4)21-30(32)28-10-9-27-20-29(40)12-11-26(27)19-28/h8,11-13,18,20-22,28,40H,6-7,9-10,14-17,19,23-24H2,1-5H3. The van der Waals surface area contributed by atoms with Gasteiger partial charge in [0.25, 0.3) is 0 Å². The number of phenols is 1. The molecule has 1 fully saturated rings.